The highest BCUT2D eigenvalue weighted by Crippen LogP contribution is 2.29. The predicted octanol–water partition coefficient (Wildman–Crippen LogP) is 4.34. The van der Waals surface area contributed by atoms with Crippen LogP contribution >= 0.6 is 11.3 Å². The molecule has 0 radical (unpaired) electrons. The molecular formula is C21H20N4O2S. The van der Waals surface area contributed by atoms with Crippen LogP contribution in [0.15, 0.2) is 41.5 Å². The zero-order chi connectivity index (χ0) is 19.8. The number of nitrogens with zero attached hydrogens (tertiary/aromatic N) is 3. The molecule has 3 aromatic rings. The van der Waals surface area contributed by atoms with E-state index >= 15 is 0 Å². The van der Waals surface area contributed by atoms with Gasteiger partial charge in [0.2, 0.25) is 5.91 Å². The number of aryl methyl sites for hydroxylation is 3. The van der Waals surface area contributed by atoms with E-state index in [9.17, 15) is 9.59 Å². The molecule has 1 aliphatic heterocycles. The fourth-order valence-corrected chi connectivity index (χ4v) is 4.31. The molecule has 1 N–H and O–H groups in total. The van der Waals surface area contributed by atoms with E-state index in [0.717, 1.165) is 26.9 Å². The van der Waals surface area contributed by atoms with Crippen molar-refractivity contribution >= 4 is 49.9 Å². The first-order valence-electron chi connectivity index (χ1n) is 9.07. The molecule has 142 valence electrons. The molecule has 0 aliphatic carbocycles. The third-order valence-corrected chi connectivity index (χ3v) is 5.51. The number of hydrazone groups is 1. The summed E-state index contributed by atoms with van der Waals surface area (Å²) < 4.78 is 1.04. The second-order valence-electron chi connectivity index (χ2n) is 6.99. The van der Waals surface area contributed by atoms with Crippen molar-refractivity contribution in [2.45, 2.75) is 33.6 Å². The number of rotatable bonds is 3. The third kappa shape index (κ3) is 3.53. The number of amides is 2. The van der Waals surface area contributed by atoms with Crippen LogP contribution in [0.4, 0.5) is 10.8 Å². The highest BCUT2D eigenvalue weighted by atomic mass is 32.1. The molecule has 0 unspecified atom stereocenters. The lowest BCUT2D eigenvalue weighted by molar-refractivity contribution is -0.118. The second-order valence-corrected chi connectivity index (χ2v) is 8.02. The van der Waals surface area contributed by atoms with Gasteiger partial charge in [-0.3, -0.25) is 14.9 Å². The maximum Gasteiger partial charge on any atom is 0.273 e. The topological polar surface area (TPSA) is 74.7 Å². The molecule has 4 rings (SSSR count). The highest BCUT2D eigenvalue weighted by molar-refractivity contribution is 7.22. The summed E-state index contributed by atoms with van der Waals surface area (Å²) in [5.74, 6) is -0.438. The van der Waals surface area contributed by atoms with Crippen molar-refractivity contribution in [3.8, 4) is 0 Å². The van der Waals surface area contributed by atoms with E-state index in [1.165, 1.54) is 16.3 Å². The maximum atomic E-state index is 12.7. The predicted molar refractivity (Wildman–Crippen MR) is 113 cm³/mol. The van der Waals surface area contributed by atoms with Gasteiger partial charge in [-0.05, 0) is 55.7 Å². The Labute approximate surface area is 166 Å². The maximum absolute atomic E-state index is 12.7. The largest absolute Gasteiger partial charge is 0.297 e. The number of thiazole rings is 1. The number of hydrogen-bond donors (Lipinski definition) is 1. The van der Waals surface area contributed by atoms with E-state index in [2.05, 4.69) is 27.5 Å². The van der Waals surface area contributed by atoms with Gasteiger partial charge in [0.15, 0.2) is 5.13 Å². The molecule has 0 saturated carbocycles. The van der Waals surface area contributed by atoms with Crippen LogP contribution in [0.5, 0.6) is 0 Å². The van der Waals surface area contributed by atoms with Crippen LogP contribution in [0.2, 0.25) is 0 Å². The molecule has 1 aliphatic rings. The van der Waals surface area contributed by atoms with Crippen LogP contribution in [0.3, 0.4) is 0 Å². The SMILES string of the molecule is Cc1cccc(N2N=C(C(=O)Nc3nc4c(C)cc(C)cc4s3)CCC2=O)c1. The Morgan fingerprint density at radius 1 is 1.11 bits per heavy atom. The van der Waals surface area contributed by atoms with Crippen LogP contribution in [0.1, 0.15) is 29.5 Å². The van der Waals surface area contributed by atoms with Gasteiger partial charge in [-0.2, -0.15) is 5.10 Å². The first-order valence-corrected chi connectivity index (χ1v) is 9.88. The molecule has 0 bridgehead atoms. The summed E-state index contributed by atoms with van der Waals surface area (Å²) in [6.45, 7) is 6.00. The van der Waals surface area contributed by atoms with E-state index < -0.39 is 0 Å². The van der Waals surface area contributed by atoms with Gasteiger partial charge in [-0.15, -0.1) is 0 Å². The summed E-state index contributed by atoms with van der Waals surface area (Å²) in [5.41, 5.74) is 5.16. The summed E-state index contributed by atoms with van der Waals surface area (Å²) in [6.07, 6.45) is 0.564. The van der Waals surface area contributed by atoms with Gasteiger partial charge in [-0.1, -0.05) is 29.5 Å². The van der Waals surface area contributed by atoms with Crippen LogP contribution in [0.25, 0.3) is 10.2 Å². The van der Waals surface area contributed by atoms with Crippen molar-refractivity contribution in [2.75, 3.05) is 10.3 Å². The minimum absolute atomic E-state index is 0.117. The lowest BCUT2D eigenvalue weighted by Crippen LogP contribution is -2.36. The molecule has 28 heavy (non-hydrogen) atoms. The van der Waals surface area contributed by atoms with Gasteiger partial charge in [-0.25, -0.2) is 9.99 Å². The van der Waals surface area contributed by atoms with Gasteiger partial charge < -0.3 is 0 Å². The zero-order valence-electron chi connectivity index (χ0n) is 15.9. The van der Waals surface area contributed by atoms with Crippen LogP contribution in [-0.2, 0) is 9.59 Å². The molecule has 6 nitrogen and oxygen atoms in total. The van der Waals surface area contributed by atoms with E-state index in [1.807, 2.05) is 45.0 Å². The highest BCUT2D eigenvalue weighted by Gasteiger charge is 2.26. The van der Waals surface area contributed by atoms with Gasteiger partial charge in [0.1, 0.15) is 5.71 Å². The van der Waals surface area contributed by atoms with Crippen molar-refractivity contribution in [3.63, 3.8) is 0 Å². The van der Waals surface area contributed by atoms with Crippen molar-refractivity contribution in [2.24, 2.45) is 5.10 Å². The Hall–Kier alpha value is -3.06. The van der Waals surface area contributed by atoms with Gasteiger partial charge in [0.05, 0.1) is 15.9 Å². The molecule has 0 spiro atoms. The lowest BCUT2D eigenvalue weighted by Gasteiger charge is -2.23. The number of anilines is 2. The number of nitrogens with one attached hydrogen (secondary N) is 1. The summed E-state index contributed by atoms with van der Waals surface area (Å²) in [4.78, 5) is 29.6. The quantitative estimate of drug-likeness (QED) is 0.720. The lowest BCUT2D eigenvalue weighted by atomic mass is 10.1. The molecule has 0 saturated heterocycles. The molecular weight excluding hydrogens is 372 g/mol. The Kier molecular flexibility index (Phi) is 4.68. The number of carbonyl (C=O) groups is 2. The normalized spacial score (nSPS) is 14.3. The summed E-state index contributed by atoms with van der Waals surface area (Å²) >= 11 is 1.44. The van der Waals surface area contributed by atoms with Crippen molar-refractivity contribution in [1.82, 2.24) is 4.98 Å². The number of benzene rings is 2. The molecule has 2 aromatic carbocycles. The average molecular weight is 392 g/mol. The Bertz CT molecular complexity index is 1130. The van der Waals surface area contributed by atoms with E-state index in [1.54, 1.807) is 0 Å². The second kappa shape index (κ2) is 7.16. The van der Waals surface area contributed by atoms with Gasteiger partial charge >= 0.3 is 0 Å². The fourth-order valence-electron chi connectivity index (χ4n) is 3.27. The summed E-state index contributed by atoms with van der Waals surface area (Å²) in [7, 11) is 0. The third-order valence-electron chi connectivity index (χ3n) is 4.59. The Morgan fingerprint density at radius 2 is 1.93 bits per heavy atom. The number of hydrogen-bond acceptors (Lipinski definition) is 5. The molecule has 7 heteroatoms. The fraction of sp³-hybridized carbons (Fsp3) is 0.238. The van der Waals surface area contributed by atoms with Gasteiger partial charge in [0.25, 0.3) is 5.91 Å². The molecule has 0 atom stereocenters. The number of fused-ring (bicyclic) bond motifs is 1. The average Bonchev–Trinajstić information content (AvgIpc) is 3.04. The number of carbonyl (C=O) groups excluding carboxylic acids is 2. The minimum atomic E-state index is -0.321. The first kappa shape index (κ1) is 18.3. The number of aromatic nitrogens is 1. The summed E-state index contributed by atoms with van der Waals surface area (Å²) in [5, 5.41) is 9.02. The first-order chi connectivity index (χ1) is 13.4. The van der Waals surface area contributed by atoms with Crippen molar-refractivity contribution < 1.29 is 9.59 Å². The molecule has 0 fully saturated rings. The van der Waals surface area contributed by atoms with Crippen LogP contribution in [0, 0.1) is 20.8 Å². The van der Waals surface area contributed by atoms with Crippen LogP contribution < -0.4 is 10.3 Å². The van der Waals surface area contributed by atoms with Gasteiger partial charge in [0, 0.05) is 12.8 Å². The van der Waals surface area contributed by atoms with Crippen molar-refractivity contribution in [3.05, 3.63) is 53.1 Å². The van der Waals surface area contributed by atoms with E-state index in [0.29, 0.717) is 23.0 Å². The molecule has 2 heterocycles. The smallest absolute Gasteiger partial charge is 0.273 e. The minimum Gasteiger partial charge on any atom is -0.297 e. The molecule has 1 aromatic heterocycles. The van der Waals surface area contributed by atoms with E-state index in [4.69, 9.17) is 0 Å². The monoisotopic (exact) mass is 392 g/mol. The zero-order valence-corrected chi connectivity index (χ0v) is 16.8. The van der Waals surface area contributed by atoms with Crippen molar-refractivity contribution in [1.29, 1.82) is 0 Å². The standard InChI is InChI=1S/C21H20N4O2S/c1-12-5-4-6-15(10-12)25-18(26)8-7-16(24-25)20(27)23-21-22-19-14(3)9-13(2)11-17(19)28-21/h4-6,9-11H,7-8H2,1-3H3,(H,22,23,27). The molecule has 2 amide bonds. The van der Waals surface area contributed by atoms with Crippen LogP contribution in [-0.4, -0.2) is 22.5 Å². The Morgan fingerprint density at radius 3 is 2.71 bits per heavy atom. The summed E-state index contributed by atoms with van der Waals surface area (Å²) in [6, 6.07) is 11.6. The Balaban J connectivity index is 1.60. The van der Waals surface area contributed by atoms with E-state index in [-0.39, 0.29) is 18.2 Å².